The first-order chi connectivity index (χ1) is 8.22. The van der Waals surface area contributed by atoms with Crippen molar-refractivity contribution in [3.63, 3.8) is 0 Å². The van der Waals surface area contributed by atoms with Gasteiger partial charge in [0.1, 0.15) is 6.04 Å². The molecule has 0 aromatic carbocycles. The van der Waals surface area contributed by atoms with E-state index < -0.39 is 6.04 Å². The number of nitrogens with zero attached hydrogens (tertiary/aromatic N) is 1. The number of thiophene rings is 1. The van der Waals surface area contributed by atoms with Crippen molar-refractivity contribution in [1.82, 2.24) is 4.90 Å². The van der Waals surface area contributed by atoms with Crippen LogP contribution < -0.4 is 5.73 Å². The lowest BCUT2D eigenvalue weighted by Gasteiger charge is -2.20. The molecule has 1 fully saturated rings. The van der Waals surface area contributed by atoms with Gasteiger partial charge in [0.2, 0.25) is 5.91 Å². The van der Waals surface area contributed by atoms with Crippen LogP contribution in [0.15, 0.2) is 17.5 Å². The largest absolute Gasteiger partial charge is 0.341 e. The van der Waals surface area contributed by atoms with Gasteiger partial charge in [0.05, 0.1) is 0 Å². The first kappa shape index (κ1) is 12.6. The third-order valence-corrected chi connectivity index (χ3v) is 4.37. The molecule has 4 heteroatoms. The Morgan fingerprint density at radius 2 is 2.53 bits per heavy atom. The maximum absolute atomic E-state index is 12.2. The van der Waals surface area contributed by atoms with E-state index in [9.17, 15) is 4.79 Å². The first-order valence-corrected chi connectivity index (χ1v) is 7.18. The molecule has 1 aliphatic rings. The second kappa shape index (κ2) is 5.65. The maximum Gasteiger partial charge on any atom is 0.244 e. The van der Waals surface area contributed by atoms with Crippen LogP contribution in [0.5, 0.6) is 0 Å². The van der Waals surface area contributed by atoms with E-state index in [0.29, 0.717) is 5.92 Å². The molecule has 2 rings (SSSR count). The van der Waals surface area contributed by atoms with Crippen LogP contribution in [0.1, 0.15) is 37.1 Å². The first-order valence-electron chi connectivity index (χ1n) is 6.30. The molecular weight excluding hydrogens is 232 g/mol. The number of rotatable bonds is 4. The zero-order chi connectivity index (χ0) is 12.3. The molecule has 0 bridgehead atoms. The van der Waals surface area contributed by atoms with Crippen LogP contribution in [0, 0.1) is 5.92 Å². The number of carbonyl (C=O) groups is 1. The van der Waals surface area contributed by atoms with Gasteiger partial charge in [-0.1, -0.05) is 19.4 Å². The minimum absolute atomic E-state index is 0.0889. The summed E-state index contributed by atoms with van der Waals surface area (Å²) in [4.78, 5) is 15.1. The average Bonchev–Trinajstić information content (AvgIpc) is 2.98. The van der Waals surface area contributed by atoms with Crippen LogP contribution >= 0.6 is 11.3 Å². The molecule has 1 saturated heterocycles. The van der Waals surface area contributed by atoms with Gasteiger partial charge in [0.25, 0.3) is 0 Å². The van der Waals surface area contributed by atoms with Crippen LogP contribution in [0.4, 0.5) is 0 Å². The van der Waals surface area contributed by atoms with Gasteiger partial charge in [-0.3, -0.25) is 4.79 Å². The Hall–Kier alpha value is -0.870. The summed E-state index contributed by atoms with van der Waals surface area (Å²) in [5.41, 5.74) is 6.00. The molecule has 2 N–H and O–H groups in total. The maximum atomic E-state index is 12.2. The number of carbonyl (C=O) groups excluding carboxylic acids is 1. The van der Waals surface area contributed by atoms with E-state index in [2.05, 4.69) is 6.92 Å². The lowest BCUT2D eigenvalue weighted by atomic mass is 10.0. The number of amides is 1. The molecule has 1 aromatic heterocycles. The molecule has 0 spiro atoms. The molecule has 17 heavy (non-hydrogen) atoms. The van der Waals surface area contributed by atoms with Crippen molar-refractivity contribution in [3.8, 4) is 0 Å². The summed E-state index contributed by atoms with van der Waals surface area (Å²) in [7, 11) is 0. The number of hydrogen-bond donors (Lipinski definition) is 1. The normalized spacial score (nSPS) is 21.8. The van der Waals surface area contributed by atoms with E-state index in [0.717, 1.165) is 24.4 Å². The molecule has 3 nitrogen and oxygen atoms in total. The monoisotopic (exact) mass is 252 g/mol. The molecule has 94 valence electrons. The van der Waals surface area contributed by atoms with Crippen LogP contribution in [0.3, 0.4) is 0 Å². The molecular formula is C13H20N2OS. The third-order valence-electron chi connectivity index (χ3n) is 3.41. The highest BCUT2D eigenvalue weighted by Gasteiger charge is 2.29. The summed E-state index contributed by atoms with van der Waals surface area (Å²) in [6, 6.07) is 3.42. The van der Waals surface area contributed by atoms with E-state index in [1.165, 1.54) is 12.8 Å². The second-order valence-corrected chi connectivity index (χ2v) is 5.70. The van der Waals surface area contributed by atoms with Gasteiger partial charge in [-0.25, -0.2) is 0 Å². The molecule has 0 radical (unpaired) electrons. The molecule has 2 unspecified atom stereocenters. The van der Waals surface area contributed by atoms with E-state index in [-0.39, 0.29) is 5.91 Å². The summed E-state index contributed by atoms with van der Waals surface area (Å²) in [5, 5.41) is 1.96. The van der Waals surface area contributed by atoms with E-state index in [4.69, 9.17) is 5.73 Å². The number of nitrogens with two attached hydrogens (primary N) is 1. The molecule has 1 aromatic rings. The quantitative estimate of drug-likeness (QED) is 0.894. The summed E-state index contributed by atoms with van der Waals surface area (Å²) in [6.45, 7) is 3.97. The fraction of sp³-hybridized carbons (Fsp3) is 0.615. The van der Waals surface area contributed by atoms with Gasteiger partial charge in [-0.15, -0.1) is 11.3 Å². The van der Waals surface area contributed by atoms with Crippen LogP contribution in [-0.4, -0.2) is 23.9 Å². The Morgan fingerprint density at radius 3 is 3.18 bits per heavy atom. The predicted octanol–water partition coefficient (Wildman–Crippen LogP) is 2.40. The zero-order valence-corrected chi connectivity index (χ0v) is 11.1. The molecule has 2 atom stereocenters. The topological polar surface area (TPSA) is 46.3 Å². The van der Waals surface area contributed by atoms with Gasteiger partial charge < -0.3 is 10.6 Å². The zero-order valence-electron chi connectivity index (χ0n) is 10.3. The fourth-order valence-electron chi connectivity index (χ4n) is 2.46. The van der Waals surface area contributed by atoms with Crippen LogP contribution in [-0.2, 0) is 4.79 Å². The summed E-state index contributed by atoms with van der Waals surface area (Å²) in [5.74, 6) is 0.769. The highest BCUT2D eigenvalue weighted by molar-refractivity contribution is 7.10. The van der Waals surface area contributed by atoms with Gasteiger partial charge in [-0.2, -0.15) is 0 Å². The molecule has 2 heterocycles. The van der Waals surface area contributed by atoms with Crippen molar-refractivity contribution in [2.75, 3.05) is 13.1 Å². The predicted molar refractivity (Wildman–Crippen MR) is 70.8 cm³/mol. The smallest absolute Gasteiger partial charge is 0.244 e. The van der Waals surface area contributed by atoms with Gasteiger partial charge in [-0.05, 0) is 30.2 Å². The van der Waals surface area contributed by atoms with Crippen LogP contribution in [0.2, 0.25) is 0 Å². The van der Waals surface area contributed by atoms with E-state index in [1.807, 2.05) is 22.4 Å². The minimum atomic E-state index is -0.463. The number of hydrogen-bond acceptors (Lipinski definition) is 3. The third kappa shape index (κ3) is 2.87. The Balaban J connectivity index is 1.93. The molecule has 0 aliphatic carbocycles. The van der Waals surface area contributed by atoms with Gasteiger partial charge in [0.15, 0.2) is 0 Å². The summed E-state index contributed by atoms with van der Waals surface area (Å²) in [6.07, 6.45) is 3.55. The van der Waals surface area contributed by atoms with Crippen molar-refractivity contribution in [2.45, 2.75) is 32.2 Å². The highest BCUT2D eigenvalue weighted by atomic mass is 32.1. The molecule has 0 saturated carbocycles. The minimum Gasteiger partial charge on any atom is -0.341 e. The van der Waals surface area contributed by atoms with Gasteiger partial charge in [0, 0.05) is 18.0 Å². The second-order valence-electron chi connectivity index (χ2n) is 4.72. The SMILES string of the molecule is CCCC1CCN(C(=O)C(N)c2cccs2)C1. The van der Waals surface area contributed by atoms with Crippen molar-refractivity contribution in [1.29, 1.82) is 0 Å². The summed E-state index contributed by atoms with van der Waals surface area (Å²) >= 11 is 1.56. The lowest BCUT2D eigenvalue weighted by Crippen LogP contribution is -2.36. The van der Waals surface area contributed by atoms with Crippen LogP contribution in [0.25, 0.3) is 0 Å². The molecule has 1 aliphatic heterocycles. The Labute approximate surface area is 107 Å². The number of likely N-dealkylation sites (tertiary alicyclic amines) is 1. The van der Waals surface area contributed by atoms with Gasteiger partial charge >= 0.3 is 0 Å². The fourth-order valence-corrected chi connectivity index (χ4v) is 3.18. The van der Waals surface area contributed by atoms with Crippen molar-refractivity contribution in [2.24, 2.45) is 11.7 Å². The Morgan fingerprint density at radius 1 is 1.71 bits per heavy atom. The lowest BCUT2D eigenvalue weighted by molar-refractivity contribution is -0.131. The summed E-state index contributed by atoms with van der Waals surface area (Å²) < 4.78 is 0. The van der Waals surface area contributed by atoms with Crippen molar-refractivity contribution in [3.05, 3.63) is 22.4 Å². The van der Waals surface area contributed by atoms with Crippen molar-refractivity contribution < 1.29 is 4.79 Å². The Bertz CT molecular complexity index is 364. The van der Waals surface area contributed by atoms with E-state index in [1.54, 1.807) is 11.3 Å². The highest BCUT2D eigenvalue weighted by Crippen LogP contribution is 2.25. The standard InChI is InChI=1S/C13H20N2OS/c1-2-4-10-6-7-15(9-10)13(16)12(14)11-5-3-8-17-11/h3,5,8,10,12H,2,4,6-7,9,14H2,1H3. The Kier molecular flexibility index (Phi) is 4.18. The van der Waals surface area contributed by atoms with Crippen molar-refractivity contribution >= 4 is 17.2 Å². The molecule has 1 amide bonds. The average molecular weight is 252 g/mol. The van der Waals surface area contributed by atoms with E-state index >= 15 is 0 Å².